The first kappa shape index (κ1) is 10.5. The second-order valence-corrected chi connectivity index (χ2v) is 4.50. The second-order valence-electron chi connectivity index (χ2n) is 4.50. The van der Waals surface area contributed by atoms with E-state index < -0.39 is 5.60 Å². The van der Waals surface area contributed by atoms with Crippen LogP contribution in [0.25, 0.3) is 0 Å². The first-order valence-corrected chi connectivity index (χ1v) is 5.60. The third-order valence-electron chi connectivity index (χ3n) is 3.07. The maximum atomic E-state index is 10.2. The maximum Gasteiger partial charge on any atom is 0.119 e. The van der Waals surface area contributed by atoms with Crippen LogP contribution in [0.4, 0.5) is 0 Å². The van der Waals surface area contributed by atoms with Crippen LogP contribution in [-0.2, 0) is 5.60 Å². The number of benzene rings is 1. The van der Waals surface area contributed by atoms with Crippen LogP contribution >= 0.6 is 0 Å². The molecule has 0 aliphatic heterocycles. The normalized spacial score (nSPS) is 29.7. The van der Waals surface area contributed by atoms with Gasteiger partial charge in [-0.05, 0) is 43.4 Å². The van der Waals surface area contributed by atoms with Gasteiger partial charge in [0.2, 0.25) is 0 Å². The number of aliphatic hydroxyl groups is 1. The molecule has 15 heavy (non-hydrogen) atoms. The van der Waals surface area contributed by atoms with E-state index in [2.05, 4.69) is 6.92 Å². The van der Waals surface area contributed by atoms with Crippen LogP contribution in [0.3, 0.4) is 0 Å². The molecule has 1 N–H and O–H groups in total. The summed E-state index contributed by atoms with van der Waals surface area (Å²) in [6.07, 6.45) is 1.75. The van der Waals surface area contributed by atoms with E-state index in [4.69, 9.17) is 4.74 Å². The summed E-state index contributed by atoms with van der Waals surface area (Å²) in [5.74, 6) is 1.51. The monoisotopic (exact) mass is 206 g/mol. The third-order valence-corrected chi connectivity index (χ3v) is 3.07. The molecule has 0 aromatic heterocycles. The smallest absolute Gasteiger partial charge is 0.119 e. The lowest BCUT2D eigenvalue weighted by atomic mass is 9.68. The van der Waals surface area contributed by atoms with Gasteiger partial charge in [-0.15, -0.1) is 0 Å². The summed E-state index contributed by atoms with van der Waals surface area (Å²) in [6, 6.07) is 7.80. The van der Waals surface area contributed by atoms with E-state index in [1.165, 1.54) is 0 Å². The highest BCUT2D eigenvalue weighted by molar-refractivity contribution is 5.32. The average molecular weight is 206 g/mol. The molecule has 2 heteroatoms. The van der Waals surface area contributed by atoms with Gasteiger partial charge in [-0.3, -0.25) is 0 Å². The molecule has 0 saturated heterocycles. The van der Waals surface area contributed by atoms with Crippen LogP contribution in [0, 0.1) is 5.92 Å². The standard InChI is InChI=1S/C13H18O2/c1-3-15-12-6-4-11(5-7-12)13(14)8-10(2)9-13/h4-7,10,14H,3,8-9H2,1-2H3. The minimum absolute atomic E-state index is 0.579. The molecule has 0 radical (unpaired) electrons. The van der Waals surface area contributed by atoms with Crippen molar-refractivity contribution in [2.45, 2.75) is 32.3 Å². The molecule has 1 aliphatic rings. The first-order chi connectivity index (χ1) is 7.14. The van der Waals surface area contributed by atoms with Gasteiger partial charge in [0, 0.05) is 0 Å². The fourth-order valence-corrected chi connectivity index (χ4v) is 2.36. The lowest BCUT2D eigenvalue weighted by Gasteiger charge is -2.42. The Kier molecular flexibility index (Phi) is 2.70. The van der Waals surface area contributed by atoms with Crippen LogP contribution in [0.1, 0.15) is 32.3 Å². The van der Waals surface area contributed by atoms with Gasteiger partial charge >= 0.3 is 0 Å². The van der Waals surface area contributed by atoms with Gasteiger partial charge in [0.1, 0.15) is 5.75 Å². The molecule has 0 bridgehead atoms. The number of ether oxygens (including phenoxy) is 1. The van der Waals surface area contributed by atoms with E-state index in [0.29, 0.717) is 12.5 Å². The summed E-state index contributed by atoms with van der Waals surface area (Å²) in [6.45, 7) is 4.82. The largest absolute Gasteiger partial charge is 0.494 e. The Hall–Kier alpha value is -1.02. The molecule has 1 aliphatic carbocycles. The second kappa shape index (κ2) is 3.86. The molecule has 2 rings (SSSR count). The molecule has 0 atom stereocenters. The van der Waals surface area contributed by atoms with Crippen LogP contribution in [0.2, 0.25) is 0 Å². The molecule has 2 nitrogen and oxygen atoms in total. The van der Waals surface area contributed by atoms with Crippen LogP contribution < -0.4 is 4.74 Å². The summed E-state index contributed by atoms with van der Waals surface area (Å²) in [5, 5.41) is 10.2. The van der Waals surface area contributed by atoms with Crippen molar-refractivity contribution in [1.29, 1.82) is 0 Å². The molecular weight excluding hydrogens is 188 g/mol. The Morgan fingerprint density at radius 1 is 1.33 bits per heavy atom. The van der Waals surface area contributed by atoms with Crippen molar-refractivity contribution in [1.82, 2.24) is 0 Å². The Balaban J connectivity index is 2.10. The third kappa shape index (κ3) is 2.00. The number of rotatable bonds is 3. The summed E-state index contributed by atoms with van der Waals surface area (Å²) in [5.41, 5.74) is 0.438. The first-order valence-electron chi connectivity index (χ1n) is 5.60. The molecule has 0 unspecified atom stereocenters. The minimum atomic E-state index is -0.579. The highest BCUT2D eigenvalue weighted by Crippen LogP contribution is 2.45. The molecule has 0 spiro atoms. The van der Waals surface area contributed by atoms with Crippen molar-refractivity contribution in [3.8, 4) is 5.75 Å². The molecule has 1 fully saturated rings. The van der Waals surface area contributed by atoms with Crippen molar-refractivity contribution in [2.24, 2.45) is 5.92 Å². The van der Waals surface area contributed by atoms with Crippen LogP contribution in [-0.4, -0.2) is 11.7 Å². The number of hydrogen-bond donors (Lipinski definition) is 1. The summed E-state index contributed by atoms with van der Waals surface area (Å²) in [7, 11) is 0. The molecule has 1 aromatic carbocycles. The Bertz CT molecular complexity index is 323. The van der Waals surface area contributed by atoms with Crippen molar-refractivity contribution >= 4 is 0 Å². The fourth-order valence-electron chi connectivity index (χ4n) is 2.36. The minimum Gasteiger partial charge on any atom is -0.494 e. The topological polar surface area (TPSA) is 29.5 Å². The molecule has 82 valence electrons. The molecular formula is C13H18O2. The van der Waals surface area contributed by atoms with Crippen molar-refractivity contribution in [3.63, 3.8) is 0 Å². The van der Waals surface area contributed by atoms with Gasteiger partial charge in [0.05, 0.1) is 12.2 Å². The molecule has 0 heterocycles. The van der Waals surface area contributed by atoms with E-state index in [1.54, 1.807) is 0 Å². The van der Waals surface area contributed by atoms with Crippen molar-refractivity contribution < 1.29 is 9.84 Å². The maximum absolute atomic E-state index is 10.2. The number of hydrogen-bond acceptors (Lipinski definition) is 2. The van der Waals surface area contributed by atoms with E-state index >= 15 is 0 Å². The van der Waals surface area contributed by atoms with Gasteiger partial charge in [-0.25, -0.2) is 0 Å². The van der Waals surface area contributed by atoms with Gasteiger partial charge in [-0.2, -0.15) is 0 Å². The summed E-state index contributed by atoms with van der Waals surface area (Å²) < 4.78 is 5.36. The summed E-state index contributed by atoms with van der Waals surface area (Å²) >= 11 is 0. The van der Waals surface area contributed by atoms with E-state index in [1.807, 2.05) is 31.2 Å². The summed E-state index contributed by atoms with van der Waals surface area (Å²) in [4.78, 5) is 0. The highest BCUT2D eigenvalue weighted by Gasteiger charge is 2.41. The zero-order chi connectivity index (χ0) is 10.9. The lowest BCUT2D eigenvalue weighted by molar-refractivity contribution is -0.0738. The SMILES string of the molecule is CCOc1ccc(C2(O)CC(C)C2)cc1. The fraction of sp³-hybridized carbons (Fsp3) is 0.538. The van der Waals surface area contributed by atoms with E-state index in [0.717, 1.165) is 24.2 Å². The zero-order valence-electron chi connectivity index (χ0n) is 9.36. The van der Waals surface area contributed by atoms with Crippen LogP contribution in [0.15, 0.2) is 24.3 Å². The van der Waals surface area contributed by atoms with E-state index in [9.17, 15) is 5.11 Å². The quantitative estimate of drug-likeness (QED) is 0.824. The predicted octanol–water partition coefficient (Wildman–Crippen LogP) is 2.70. The van der Waals surface area contributed by atoms with Gasteiger partial charge < -0.3 is 9.84 Å². The van der Waals surface area contributed by atoms with Gasteiger partial charge in [0.15, 0.2) is 0 Å². The van der Waals surface area contributed by atoms with Crippen LogP contribution in [0.5, 0.6) is 5.75 Å². The van der Waals surface area contributed by atoms with E-state index in [-0.39, 0.29) is 0 Å². The Morgan fingerprint density at radius 2 is 1.93 bits per heavy atom. The Labute approximate surface area is 90.9 Å². The zero-order valence-corrected chi connectivity index (χ0v) is 9.36. The average Bonchev–Trinajstić information content (AvgIpc) is 2.17. The molecule has 1 saturated carbocycles. The lowest BCUT2D eigenvalue weighted by Crippen LogP contribution is -2.39. The van der Waals surface area contributed by atoms with Gasteiger partial charge in [-0.1, -0.05) is 19.1 Å². The highest BCUT2D eigenvalue weighted by atomic mass is 16.5. The van der Waals surface area contributed by atoms with Gasteiger partial charge in [0.25, 0.3) is 0 Å². The predicted molar refractivity (Wildman–Crippen MR) is 59.9 cm³/mol. The molecule has 0 amide bonds. The Morgan fingerprint density at radius 3 is 2.40 bits per heavy atom. The van der Waals surface area contributed by atoms with Crippen molar-refractivity contribution in [3.05, 3.63) is 29.8 Å². The molecule has 1 aromatic rings. The van der Waals surface area contributed by atoms with Crippen molar-refractivity contribution in [2.75, 3.05) is 6.61 Å².